The average molecular weight is 403 g/mol. The number of benzene rings is 2. The maximum atomic E-state index is 13.9. The Labute approximate surface area is 173 Å². The van der Waals surface area contributed by atoms with Crippen LogP contribution in [-0.2, 0) is 11.2 Å². The molecule has 4 rings (SSSR count). The molecule has 0 aliphatic heterocycles. The number of ether oxygens (including phenoxy) is 1. The van der Waals surface area contributed by atoms with Crippen molar-refractivity contribution in [2.75, 3.05) is 12.4 Å². The summed E-state index contributed by atoms with van der Waals surface area (Å²) in [7, 11) is 1.59. The molecule has 0 unspecified atom stereocenters. The lowest BCUT2D eigenvalue weighted by Gasteiger charge is -2.08. The number of amides is 1. The van der Waals surface area contributed by atoms with Gasteiger partial charge < -0.3 is 15.0 Å². The summed E-state index contributed by atoms with van der Waals surface area (Å²) in [5.74, 6) is 0.327. The molecule has 2 N–H and O–H groups in total. The van der Waals surface area contributed by atoms with Crippen LogP contribution in [0.3, 0.4) is 0 Å². The highest BCUT2D eigenvalue weighted by molar-refractivity contribution is 5.92. The Kier molecular flexibility index (Phi) is 5.75. The molecule has 5 nitrogen and oxygen atoms in total. The summed E-state index contributed by atoms with van der Waals surface area (Å²) in [5.41, 5.74) is 4.18. The maximum Gasteiger partial charge on any atom is 0.224 e. The summed E-state index contributed by atoms with van der Waals surface area (Å²) >= 11 is 0. The molecule has 1 amide bonds. The van der Waals surface area contributed by atoms with Gasteiger partial charge in [-0.15, -0.1) is 0 Å². The first-order valence-electron chi connectivity index (χ1n) is 9.79. The lowest BCUT2D eigenvalue weighted by molar-refractivity contribution is -0.116. The molecule has 0 saturated carbocycles. The number of carbonyl (C=O) groups excluding carboxylic acids is 1. The smallest absolute Gasteiger partial charge is 0.224 e. The van der Waals surface area contributed by atoms with E-state index >= 15 is 0 Å². The summed E-state index contributed by atoms with van der Waals surface area (Å²) in [6.45, 7) is 0. The normalized spacial score (nSPS) is 10.9. The largest absolute Gasteiger partial charge is 0.497 e. The number of aromatic nitrogens is 2. The average Bonchev–Trinajstić information content (AvgIpc) is 3.12. The van der Waals surface area contributed by atoms with E-state index in [4.69, 9.17) is 4.74 Å². The topological polar surface area (TPSA) is 67.0 Å². The molecular weight excluding hydrogens is 381 g/mol. The van der Waals surface area contributed by atoms with Gasteiger partial charge in [0.05, 0.1) is 18.5 Å². The molecule has 0 bridgehead atoms. The van der Waals surface area contributed by atoms with Crippen LogP contribution in [0.25, 0.3) is 22.3 Å². The maximum absolute atomic E-state index is 13.9. The summed E-state index contributed by atoms with van der Waals surface area (Å²) in [6, 6.07) is 17.6. The minimum Gasteiger partial charge on any atom is -0.497 e. The second kappa shape index (κ2) is 8.78. The number of nitrogens with zero attached hydrogens (tertiary/aromatic N) is 1. The number of fused-ring (bicyclic) bond motifs is 1. The molecule has 6 heteroatoms. The third kappa shape index (κ3) is 4.33. The van der Waals surface area contributed by atoms with Gasteiger partial charge in [-0.2, -0.15) is 0 Å². The highest BCUT2D eigenvalue weighted by Gasteiger charge is 2.15. The molecule has 0 atom stereocenters. The number of aryl methyl sites for hydroxylation is 1. The Morgan fingerprint density at radius 3 is 2.83 bits per heavy atom. The Bertz CT molecular complexity index is 1170. The van der Waals surface area contributed by atoms with Crippen LogP contribution in [0.5, 0.6) is 5.75 Å². The van der Waals surface area contributed by atoms with Gasteiger partial charge in [0.1, 0.15) is 11.6 Å². The number of hydrogen-bond donors (Lipinski definition) is 2. The fourth-order valence-electron chi connectivity index (χ4n) is 3.56. The molecule has 2 aromatic carbocycles. The zero-order valence-corrected chi connectivity index (χ0v) is 16.6. The minimum absolute atomic E-state index is 0.0753. The number of pyridine rings is 1. The predicted octanol–water partition coefficient (Wildman–Crippen LogP) is 5.34. The standard InChI is InChI=1S/C24H22FN3O2/c1-30-18-7-4-6-17(15-18)27-23(29)10-5-8-19-20-14-16(25)11-12-21(20)28-24(19)22-9-2-3-13-26-22/h2-4,6-7,9,11-15,28H,5,8,10H2,1H3,(H,27,29). The van der Waals surface area contributed by atoms with Gasteiger partial charge in [-0.05, 0) is 60.9 Å². The second-order valence-electron chi connectivity index (χ2n) is 7.02. The van der Waals surface area contributed by atoms with Gasteiger partial charge in [-0.1, -0.05) is 12.1 Å². The van der Waals surface area contributed by atoms with Gasteiger partial charge in [0.15, 0.2) is 0 Å². The minimum atomic E-state index is -0.286. The van der Waals surface area contributed by atoms with Crippen LogP contribution in [-0.4, -0.2) is 23.0 Å². The Balaban J connectivity index is 1.50. The molecule has 30 heavy (non-hydrogen) atoms. The quantitative estimate of drug-likeness (QED) is 0.438. The molecule has 152 valence electrons. The van der Waals surface area contributed by atoms with Crippen LogP contribution in [0.15, 0.2) is 66.9 Å². The third-order valence-corrected chi connectivity index (χ3v) is 4.97. The van der Waals surface area contributed by atoms with E-state index in [1.807, 2.05) is 36.4 Å². The van der Waals surface area contributed by atoms with Crippen molar-refractivity contribution < 1.29 is 13.9 Å². The van der Waals surface area contributed by atoms with Crippen molar-refractivity contribution in [1.29, 1.82) is 0 Å². The SMILES string of the molecule is COc1cccc(NC(=O)CCCc2c(-c3ccccn3)[nH]c3ccc(F)cc23)c1. The van der Waals surface area contributed by atoms with E-state index in [0.717, 1.165) is 27.9 Å². The van der Waals surface area contributed by atoms with Crippen LogP contribution in [0.1, 0.15) is 18.4 Å². The highest BCUT2D eigenvalue weighted by atomic mass is 19.1. The molecule has 2 heterocycles. The van der Waals surface area contributed by atoms with Gasteiger partial charge in [0.2, 0.25) is 5.91 Å². The number of carbonyl (C=O) groups is 1. The van der Waals surface area contributed by atoms with Crippen molar-refractivity contribution in [2.24, 2.45) is 0 Å². The first kappa shape index (κ1) is 19.6. The Morgan fingerprint density at radius 1 is 1.13 bits per heavy atom. The molecule has 0 saturated heterocycles. The number of hydrogen-bond acceptors (Lipinski definition) is 3. The molecule has 0 aliphatic rings. The van der Waals surface area contributed by atoms with Crippen LogP contribution in [0.4, 0.5) is 10.1 Å². The molecule has 2 aromatic heterocycles. The van der Waals surface area contributed by atoms with Crippen LogP contribution in [0.2, 0.25) is 0 Å². The predicted molar refractivity (Wildman–Crippen MR) is 116 cm³/mol. The Hall–Kier alpha value is -3.67. The van der Waals surface area contributed by atoms with Gasteiger partial charge in [-0.25, -0.2) is 4.39 Å². The Morgan fingerprint density at radius 2 is 2.03 bits per heavy atom. The van der Waals surface area contributed by atoms with Crippen molar-refractivity contribution in [3.63, 3.8) is 0 Å². The molecule has 0 radical (unpaired) electrons. The molecular formula is C24H22FN3O2. The van der Waals surface area contributed by atoms with Gasteiger partial charge in [0.25, 0.3) is 0 Å². The lowest BCUT2D eigenvalue weighted by atomic mass is 10.0. The van der Waals surface area contributed by atoms with E-state index in [0.29, 0.717) is 30.7 Å². The molecule has 0 aliphatic carbocycles. The molecule has 4 aromatic rings. The number of H-pyrrole nitrogens is 1. The van der Waals surface area contributed by atoms with Crippen molar-refractivity contribution in [3.8, 4) is 17.1 Å². The summed E-state index contributed by atoms with van der Waals surface area (Å²) in [4.78, 5) is 20.2. The van der Waals surface area contributed by atoms with E-state index in [9.17, 15) is 9.18 Å². The number of methoxy groups -OCH3 is 1. The van der Waals surface area contributed by atoms with Crippen LogP contribution >= 0.6 is 0 Å². The molecule has 0 fully saturated rings. The molecule has 0 spiro atoms. The number of aromatic amines is 1. The summed E-state index contributed by atoms with van der Waals surface area (Å²) < 4.78 is 19.1. The number of rotatable bonds is 7. The van der Waals surface area contributed by atoms with E-state index in [2.05, 4.69) is 15.3 Å². The van der Waals surface area contributed by atoms with Crippen molar-refractivity contribution in [1.82, 2.24) is 9.97 Å². The summed E-state index contributed by atoms with van der Waals surface area (Å²) in [6.07, 6.45) is 3.33. The lowest BCUT2D eigenvalue weighted by Crippen LogP contribution is -2.11. The highest BCUT2D eigenvalue weighted by Crippen LogP contribution is 2.31. The van der Waals surface area contributed by atoms with E-state index in [-0.39, 0.29) is 11.7 Å². The third-order valence-electron chi connectivity index (χ3n) is 4.97. The van der Waals surface area contributed by atoms with Crippen molar-refractivity contribution in [3.05, 3.63) is 78.2 Å². The van der Waals surface area contributed by atoms with E-state index in [1.165, 1.54) is 12.1 Å². The number of halogens is 1. The second-order valence-corrected chi connectivity index (χ2v) is 7.02. The van der Waals surface area contributed by atoms with E-state index < -0.39 is 0 Å². The van der Waals surface area contributed by atoms with Gasteiger partial charge in [-0.3, -0.25) is 9.78 Å². The summed E-state index contributed by atoms with van der Waals surface area (Å²) in [5, 5.41) is 3.71. The van der Waals surface area contributed by atoms with Crippen LogP contribution in [0, 0.1) is 5.82 Å². The first-order chi connectivity index (χ1) is 14.6. The number of anilines is 1. The van der Waals surface area contributed by atoms with E-state index in [1.54, 1.807) is 25.4 Å². The van der Waals surface area contributed by atoms with Crippen molar-refractivity contribution >= 4 is 22.5 Å². The zero-order valence-electron chi connectivity index (χ0n) is 16.6. The monoisotopic (exact) mass is 403 g/mol. The van der Waals surface area contributed by atoms with Gasteiger partial charge >= 0.3 is 0 Å². The number of nitrogens with one attached hydrogen (secondary N) is 2. The van der Waals surface area contributed by atoms with Gasteiger partial charge in [0, 0.05) is 35.3 Å². The van der Waals surface area contributed by atoms with Crippen molar-refractivity contribution in [2.45, 2.75) is 19.3 Å². The fourth-order valence-corrected chi connectivity index (χ4v) is 3.56. The first-order valence-corrected chi connectivity index (χ1v) is 9.79. The zero-order chi connectivity index (χ0) is 20.9. The van der Waals surface area contributed by atoms with Crippen LogP contribution < -0.4 is 10.1 Å². The fraction of sp³-hybridized carbons (Fsp3) is 0.167.